The SMILES string of the molecule is CCOc1cccc(CN2CC(C)C(N)C2)c1OC(F)F. The molecule has 0 spiro atoms. The number of alkyl halides is 2. The number of halogens is 2. The molecule has 2 rings (SSSR count). The normalized spacial score (nSPS) is 22.8. The van der Waals surface area contributed by atoms with Gasteiger partial charge in [0.05, 0.1) is 6.61 Å². The minimum Gasteiger partial charge on any atom is -0.490 e. The van der Waals surface area contributed by atoms with Crippen molar-refractivity contribution in [2.45, 2.75) is 33.0 Å². The lowest BCUT2D eigenvalue weighted by Crippen LogP contribution is -2.28. The highest BCUT2D eigenvalue weighted by atomic mass is 19.3. The van der Waals surface area contributed by atoms with Crippen molar-refractivity contribution in [2.75, 3.05) is 19.7 Å². The Labute approximate surface area is 123 Å². The van der Waals surface area contributed by atoms with Crippen LogP contribution in [0.15, 0.2) is 18.2 Å². The molecule has 6 heteroatoms. The number of para-hydroxylation sites is 1. The molecule has 0 bridgehead atoms. The van der Waals surface area contributed by atoms with Crippen LogP contribution in [0, 0.1) is 5.92 Å². The van der Waals surface area contributed by atoms with Crippen molar-refractivity contribution >= 4 is 0 Å². The lowest BCUT2D eigenvalue weighted by atomic mass is 10.1. The summed E-state index contributed by atoms with van der Waals surface area (Å²) in [5, 5.41) is 0. The summed E-state index contributed by atoms with van der Waals surface area (Å²) in [4.78, 5) is 2.15. The number of hydrogen-bond donors (Lipinski definition) is 1. The smallest absolute Gasteiger partial charge is 0.387 e. The fourth-order valence-electron chi connectivity index (χ4n) is 2.64. The Balaban J connectivity index is 2.19. The summed E-state index contributed by atoms with van der Waals surface area (Å²) in [7, 11) is 0. The van der Waals surface area contributed by atoms with Crippen molar-refractivity contribution in [2.24, 2.45) is 11.7 Å². The summed E-state index contributed by atoms with van der Waals surface area (Å²) >= 11 is 0. The van der Waals surface area contributed by atoms with E-state index in [0.29, 0.717) is 30.4 Å². The van der Waals surface area contributed by atoms with Gasteiger partial charge in [-0.3, -0.25) is 4.90 Å². The minimum absolute atomic E-state index is 0.125. The molecule has 1 aliphatic heterocycles. The van der Waals surface area contributed by atoms with Crippen LogP contribution in [-0.2, 0) is 6.54 Å². The van der Waals surface area contributed by atoms with E-state index in [1.807, 2.05) is 0 Å². The van der Waals surface area contributed by atoms with Gasteiger partial charge in [-0.1, -0.05) is 19.1 Å². The first-order valence-corrected chi connectivity index (χ1v) is 7.18. The van der Waals surface area contributed by atoms with E-state index in [9.17, 15) is 8.78 Å². The largest absolute Gasteiger partial charge is 0.490 e. The highest BCUT2D eigenvalue weighted by Gasteiger charge is 2.27. The van der Waals surface area contributed by atoms with Gasteiger partial charge in [-0.25, -0.2) is 0 Å². The number of hydrogen-bond acceptors (Lipinski definition) is 4. The molecule has 1 saturated heterocycles. The van der Waals surface area contributed by atoms with E-state index >= 15 is 0 Å². The van der Waals surface area contributed by atoms with E-state index in [0.717, 1.165) is 13.1 Å². The summed E-state index contributed by atoms with van der Waals surface area (Å²) in [5.41, 5.74) is 6.70. The van der Waals surface area contributed by atoms with E-state index in [4.69, 9.17) is 10.5 Å². The fourth-order valence-corrected chi connectivity index (χ4v) is 2.64. The molecular weight excluding hydrogens is 278 g/mol. The van der Waals surface area contributed by atoms with Crippen LogP contribution in [0.3, 0.4) is 0 Å². The molecule has 1 fully saturated rings. The first kappa shape index (κ1) is 16.0. The maximum Gasteiger partial charge on any atom is 0.387 e. The van der Waals surface area contributed by atoms with Crippen LogP contribution in [0.1, 0.15) is 19.4 Å². The zero-order valence-corrected chi connectivity index (χ0v) is 12.4. The van der Waals surface area contributed by atoms with Gasteiger partial charge in [-0.15, -0.1) is 0 Å². The van der Waals surface area contributed by atoms with Crippen molar-refractivity contribution in [3.63, 3.8) is 0 Å². The number of ether oxygens (including phenoxy) is 2. The van der Waals surface area contributed by atoms with E-state index in [2.05, 4.69) is 16.6 Å². The molecule has 118 valence electrons. The molecule has 1 aliphatic rings. The Bertz CT molecular complexity index is 461. The Hall–Kier alpha value is -1.40. The lowest BCUT2D eigenvalue weighted by Gasteiger charge is -2.20. The number of nitrogens with zero attached hydrogens (tertiary/aromatic N) is 1. The van der Waals surface area contributed by atoms with Gasteiger partial charge in [-0.05, 0) is 18.9 Å². The standard InChI is InChI=1S/C15H22F2N2O2/c1-3-20-13-6-4-5-11(14(13)21-15(16)17)8-19-7-10(2)12(18)9-19/h4-6,10,12,15H,3,7-9,18H2,1-2H3. The average Bonchev–Trinajstić information content (AvgIpc) is 2.72. The summed E-state index contributed by atoms with van der Waals surface area (Å²) in [5.74, 6) is 0.883. The Morgan fingerprint density at radius 1 is 1.38 bits per heavy atom. The third kappa shape index (κ3) is 4.04. The van der Waals surface area contributed by atoms with Gasteiger partial charge < -0.3 is 15.2 Å². The van der Waals surface area contributed by atoms with Crippen molar-refractivity contribution in [1.29, 1.82) is 0 Å². The van der Waals surface area contributed by atoms with Gasteiger partial charge >= 0.3 is 6.61 Å². The Morgan fingerprint density at radius 2 is 2.14 bits per heavy atom. The quantitative estimate of drug-likeness (QED) is 0.877. The van der Waals surface area contributed by atoms with Gasteiger partial charge in [-0.2, -0.15) is 8.78 Å². The molecule has 2 atom stereocenters. The summed E-state index contributed by atoms with van der Waals surface area (Å²) in [6.07, 6.45) is 0. The molecule has 0 amide bonds. The first-order valence-electron chi connectivity index (χ1n) is 7.18. The molecule has 21 heavy (non-hydrogen) atoms. The zero-order chi connectivity index (χ0) is 15.4. The summed E-state index contributed by atoms with van der Waals surface area (Å²) < 4.78 is 35.4. The molecule has 1 heterocycles. The zero-order valence-electron chi connectivity index (χ0n) is 12.4. The fraction of sp³-hybridized carbons (Fsp3) is 0.600. The molecule has 4 nitrogen and oxygen atoms in total. The number of benzene rings is 1. The third-order valence-corrected chi connectivity index (χ3v) is 3.71. The van der Waals surface area contributed by atoms with Crippen LogP contribution in [0.25, 0.3) is 0 Å². The van der Waals surface area contributed by atoms with Crippen LogP contribution in [-0.4, -0.2) is 37.2 Å². The van der Waals surface area contributed by atoms with Crippen LogP contribution in [0.4, 0.5) is 8.78 Å². The van der Waals surface area contributed by atoms with Gasteiger partial charge in [0, 0.05) is 31.2 Å². The molecule has 0 radical (unpaired) electrons. The Kier molecular flexibility index (Phi) is 5.36. The lowest BCUT2D eigenvalue weighted by molar-refractivity contribution is -0.0523. The van der Waals surface area contributed by atoms with Crippen molar-refractivity contribution in [1.82, 2.24) is 4.90 Å². The van der Waals surface area contributed by atoms with Crippen LogP contribution < -0.4 is 15.2 Å². The van der Waals surface area contributed by atoms with E-state index in [-0.39, 0.29) is 11.8 Å². The molecule has 1 aromatic rings. The van der Waals surface area contributed by atoms with Gasteiger partial charge in [0.15, 0.2) is 11.5 Å². The average molecular weight is 300 g/mol. The molecule has 0 aliphatic carbocycles. The van der Waals surface area contributed by atoms with E-state index in [1.165, 1.54) is 0 Å². The third-order valence-electron chi connectivity index (χ3n) is 3.71. The second-order valence-electron chi connectivity index (χ2n) is 5.39. The number of nitrogens with two attached hydrogens (primary N) is 1. The highest BCUT2D eigenvalue weighted by Crippen LogP contribution is 2.34. The second kappa shape index (κ2) is 7.04. The maximum atomic E-state index is 12.6. The summed E-state index contributed by atoms with van der Waals surface area (Å²) in [6.45, 7) is 3.57. The molecule has 2 N–H and O–H groups in total. The predicted molar refractivity (Wildman–Crippen MR) is 76.7 cm³/mol. The molecule has 2 unspecified atom stereocenters. The van der Waals surface area contributed by atoms with Gasteiger partial charge in [0.1, 0.15) is 0 Å². The minimum atomic E-state index is -2.87. The monoisotopic (exact) mass is 300 g/mol. The number of likely N-dealkylation sites (tertiary alicyclic amines) is 1. The van der Waals surface area contributed by atoms with Gasteiger partial charge in [0.25, 0.3) is 0 Å². The maximum absolute atomic E-state index is 12.6. The van der Waals surface area contributed by atoms with Crippen LogP contribution in [0.5, 0.6) is 11.5 Å². The summed E-state index contributed by atoms with van der Waals surface area (Å²) in [6, 6.07) is 5.34. The molecular formula is C15H22F2N2O2. The molecule has 0 aromatic heterocycles. The Morgan fingerprint density at radius 3 is 2.71 bits per heavy atom. The highest BCUT2D eigenvalue weighted by molar-refractivity contribution is 5.46. The second-order valence-corrected chi connectivity index (χ2v) is 5.39. The topological polar surface area (TPSA) is 47.7 Å². The van der Waals surface area contributed by atoms with E-state index in [1.54, 1.807) is 25.1 Å². The first-order chi connectivity index (χ1) is 10.0. The van der Waals surface area contributed by atoms with Crippen molar-refractivity contribution in [3.8, 4) is 11.5 Å². The van der Waals surface area contributed by atoms with Crippen molar-refractivity contribution < 1.29 is 18.3 Å². The van der Waals surface area contributed by atoms with E-state index < -0.39 is 6.61 Å². The van der Waals surface area contributed by atoms with Crippen molar-refractivity contribution in [3.05, 3.63) is 23.8 Å². The van der Waals surface area contributed by atoms with Gasteiger partial charge in [0.2, 0.25) is 0 Å². The predicted octanol–water partition coefficient (Wildman–Crippen LogP) is 2.47. The van der Waals surface area contributed by atoms with Crippen LogP contribution in [0.2, 0.25) is 0 Å². The number of rotatable bonds is 6. The molecule has 0 saturated carbocycles. The molecule has 1 aromatic carbocycles. The van der Waals surface area contributed by atoms with Crippen LogP contribution >= 0.6 is 0 Å².